The van der Waals surface area contributed by atoms with Gasteiger partial charge in [0.1, 0.15) is 11.4 Å². The maximum absolute atomic E-state index is 12.1. The number of esters is 1. The molecule has 0 aromatic heterocycles. The van der Waals surface area contributed by atoms with Gasteiger partial charge >= 0.3 is 5.97 Å². The highest BCUT2D eigenvalue weighted by atomic mass is 35.5. The Morgan fingerprint density at radius 2 is 1.92 bits per heavy atom. The number of carbonyl (C=O) groups is 1. The number of hydrogen-bond donors (Lipinski definition) is 2. The van der Waals surface area contributed by atoms with E-state index in [0.29, 0.717) is 16.3 Å². The van der Waals surface area contributed by atoms with Crippen molar-refractivity contribution in [2.24, 2.45) is 16.8 Å². The van der Waals surface area contributed by atoms with Crippen molar-refractivity contribution in [2.75, 3.05) is 0 Å². The van der Waals surface area contributed by atoms with Crippen molar-refractivity contribution in [3.8, 4) is 5.75 Å². The van der Waals surface area contributed by atoms with Gasteiger partial charge in [0.2, 0.25) is 0 Å². The first-order valence-electron chi connectivity index (χ1n) is 8.36. The Labute approximate surface area is 152 Å². The fraction of sp³-hybridized carbons (Fsp3) is 0.556. The van der Waals surface area contributed by atoms with Crippen LogP contribution < -0.4 is 10.5 Å². The second-order valence-corrected chi connectivity index (χ2v) is 7.66. The summed E-state index contributed by atoms with van der Waals surface area (Å²) < 4.78 is 11.4. The van der Waals surface area contributed by atoms with Crippen molar-refractivity contribution in [1.82, 2.24) is 0 Å². The van der Waals surface area contributed by atoms with Crippen LogP contribution in [0.25, 0.3) is 0 Å². The number of nitrogens with two attached hydrogens (primary N) is 1. The highest BCUT2D eigenvalue weighted by Crippen LogP contribution is 2.31. The number of halogens is 1. The first-order valence-corrected chi connectivity index (χ1v) is 8.74. The molecule has 1 aromatic carbocycles. The van der Waals surface area contributed by atoms with Crippen LogP contribution in [0, 0.1) is 5.92 Å². The second kappa shape index (κ2) is 7.95. The summed E-state index contributed by atoms with van der Waals surface area (Å²) in [6.45, 7) is 5.63. The fourth-order valence-corrected chi connectivity index (χ4v) is 3.09. The van der Waals surface area contributed by atoms with E-state index in [4.69, 9.17) is 32.0 Å². The number of ether oxygens (including phenoxy) is 2. The zero-order valence-corrected chi connectivity index (χ0v) is 15.5. The summed E-state index contributed by atoms with van der Waals surface area (Å²) in [5.41, 5.74) is 5.54. The van der Waals surface area contributed by atoms with Crippen molar-refractivity contribution in [3.05, 3.63) is 28.8 Å². The molecule has 0 heterocycles. The van der Waals surface area contributed by atoms with E-state index in [1.165, 1.54) is 0 Å². The minimum absolute atomic E-state index is 0.0319. The fourth-order valence-electron chi connectivity index (χ4n) is 2.82. The van der Waals surface area contributed by atoms with Gasteiger partial charge < -0.3 is 20.4 Å². The molecule has 138 valence electrons. The Kier molecular flexibility index (Phi) is 6.16. The molecule has 6 nitrogen and oxygen atoms in total. The monoisotopic (exact) mass is 368 g/mol. The van der Waals surface area contributed by atoms with Crippen molar-refractivity contribution < 1.29 is 19.5 Å². The summed E-state index contributed by atoms with van der Waals surface area (Å²) in [6, 6.07) is 5.03. The molecule has 0 unspecified atom stereocenters. The molecule has 1 aliphatic rings. The van der Waals surface area contributed by atoms with Gasteiger partial charge in [0.15, 0.2) is 5.84 Å². The molecule has 0 spiro atoms. The molecule has 3 N–H and O–H groups in total. The summed E-state index contributed by atoms with van der Waals surface area (Å²) in [4.78, 5) is 12.1. The molecular weight excluding hydrogens is 344 g/mol. The summed E-state index contributed by atoms with van der Waals surface area (Å²) in [5.74, 6) is 0.386. The maximum atomic E-state index is 12.1. The van der Waals surface area contributed by atoms with Gasteiger partial charge in [-0.05, 0) is 64.7 Å². The van der Waals surface area contributed by atoms with Crippen molar-refractivity contribution >= 4 is 23.4 Å². The van der Waals surface area contributed by atoms with Crippen LogP contribution in [0.15, 0.2) is 23.4 Å². The third-order valence-electron chi connectivity index (χ3n) is 4.04. The van der Waals surface area contributed by atoms with E-state index in [0.717, 1.165) is 25.7 Å². The first kappa shape index (κ1) is 19.4. The average Bonchev–Trinajstić information content (AvgIpc) is 2.53. The van der Waals surface area contributed by atoms with E-state index in [9.17, 15) is 4.79 Å². The molecule has 0 aliphatic heterocycles. The van der Waals surface area contributed by atoms with E-state index in [2.05, 4.69) is 5.16 Å². The predicted molar refractivity (Wildman–Crippen MR) is 96.2 cm³/mol. The smallest absolute Gasteiger partial charge is 0.309 e. The van der Waals surface area contributed by atoms with Gasteiger partial charge in [0.05, 0.1) is 17.0 Å². The molecule has 2 rings (SSSR count). The second-order valence-electron chi connectivity index (χ2n) is 7.25. The number of nitrogens with zero attached hydrogens (tertiary/aromatic N) is 1. The van der Waals surface area contributed by atoms with E-state index in [-0.39, 0.29) is 23.8 Å². The topological polar surface area (TPSA) is 94.1 Å². The molecule has 25 heavy (non-hydrogen) atoms. The van der Waals surface area contributed by atoms with Crippen LogP contribution in [-0.2, 0) is 9.53 Å². The Morgan fingerprint density at radius 3 is 2.44 bits per heavy atom. The van der Waals surface area contributed by atoms with Crippen LogP contribution in [0.5, 0.6) is 5.75 Å². The molecular formula is C18H25ClN2O4. The zero-order chi connectivity index (χ0) is 18.6. The molecule has 0 radical (unpaired) electrons. The Balaban J connectivity index is 1.90. The molecule has 1 aliphatic carbocycles. The largest absolute Gasteiger partial charge is 0.490 e. The normalized spacial score (nSPS) is 21.7. The van der Waals surface area contributed by atoms with Gasteiger partial charge in [-0.2, -0.15) is 0 Å². The van der Waals surface area contributed by atoms with E-state index in [1.807, 2.05) is 20.8 Å². The lowest BCUT2D eigenvalue weighted by Gasteiger charge is -2.30. The molecule has 7 heteroatoms. The molecule has 0 bridgehead atoms. The van der Waals surface area contributed by atoms with Crippen LogP contribution in [0.2, 0.25) is 5.02 Å². The number of hydrogen-bond acceptors (Lipinski definition) is 5. The van der Waals surface area contributed by atoms with Gasteiger partial charge in [-0.15, -0.1) is 0 Å². The predicted octanol–water partition coefficient (Wildman–Crippen LogP) is 3.71. The Hall–Kier alpha value is -1.95. The van der Waals surface area contributed by atoms with Crippen LogP contribution in [-0.4, -0.2) is 28.7 Å². The number of rotatable bonds is 4. The van der Waals surface area contributed by atoms with E-state index >= 15 is 0 Å². The molecule has 0 amide bonds. The lowest BCUT2D eigenvalue weighted by molar-refractivity contribution is -0.161. The van der Waals surface area contributed by atoms with Crippen molar-refractivity contribution in [3.63, 3.8) is 0 Å². The van der Waals surface area contributed by atoms with Crippen LogP contribution in [0.1, 0.15) is 52.0 Å². The van der Waals surface area contributed by atoms with Gasteiger partial charge in [-0.3, -0.25) is 4.79 Å². The van der Waals surface area contributed by atoms with Crippen LogP contribution >= 0.6 is 11.6 Å². The highest BCUT2D eigenvalue weighted by Gasteiger charge is 2.30. The lowest BCUT2D eigenvalue weighted by Crippen LogP contribution is -2.33. The van der Waals surface area contributed by atoms with E-state index < -0.39 is 5.60 Å². The van der Waals surface area contributed by atoms with Crippen molar-refractivity contribution in [2.45, 2.75) is 58.2 Å². The van der Waals surface area contributed by atoms with Gasteiger partial charge in [-0.1, -0.05) is 16.8 Å². The molecule has 1 saturated carbocycles. The zero-order valence-electron chi connectivity index (χ0n) is 14.8. The van der Waals surface area contributed by atoms with Gasteiger partial charge in [0, 0.05) is 5.56 Å². The quantitative estimate of drug-likeness (QED) is 0.278. The van der Waals surface area contributed by atoms with Crippen LogP contribution in [0.3, 0.4) is 0 Å². The van der Waals surface area contributed by atoms with Crippen molar-refractivity contribution in [1.29, 1.82) is 0 Å². The van der Waals surface area contributed by atoms with Crippen LogP contribution in [0.4, 0.5) is 0 Å². The Morgan fingerprint density at radius 1 is 1.28 bits per heavy atom. The highest BCUT2D eigenvalue weighted by molar-refractivity contribution is 6.34. The molecule has 0 saturated heterocycles. The minimum atomic E-state index is -0.456. The summed E-state index contributed by atoms with van der Waals surface area (Å²) in [6.07, 6.45) is 3.09. The number of carbonyl (C=O) groups excluding carboxylic acids is 1. The third kappa shape index (κ3) is 5.53. The van der Waals surface area contributed by atoms with E-state index in [1.54, 1.807) is 18.2 Å². The summed E-state index contributed by atoms with van der Waals surface area (Å²) >= 11 is 6.13. The third-order valence-corrected chi connectivity index (χ3v) is 4.35. The molecule has 1 aromatic rings. The summed E-state index contributed by atoms with van der Waals surface area (Å²) in [5, 5.41) is 12.0. The minimum Gasteiger partial charge on any atom is -0.490 e. The standard InChI is InChI=1S/C18H25ClN2O4/c1-18(2,3)25-17(22)11-4-6-12(7-5-11)24-13-8-9-14(15(19)10-13)16(20)21-23/h8-12,23H,4-7H2,1-3H3,(H2,20,21). The average molecular weight is 369 g/mol. The number of amidine groups is 1. The molecule has 0 atom stereocenters. The number of benzene rings is 1. The van der Waals surface area contributed by atoms with Gasteiger partial charge in [-0.25, -0.2) is 0 Å². The number of oxime groups is 1. The van der Waals surface area contributed by atoms with Gasteiger partial charge in [0.25, 0.3) is 0 Å². The first-order chi connectivity index (χ1) is 11.7. The summed E-state index contributed by atoms with van der Waals surface area (Å²) in [7, 11) is 0. The molecule has 1 fully saturated rings. The maximum Gasteiger partial charge on any atom is 0.309 e. The SMILES string of the molecule is CC(C)(C)OC(=O)C1CCC(Oc2ccc(C(N)=NO)c(Cl)c2)CC1. The lowest BCUT2D eigenvalue weighted by atomic mass is 9.87. The Bertz CT molecular complexity index is 647.